The first-order valence-corrected chi connectivity index (χ1v) is 6.78. The van der Waals surface area contributed by atoms with Gasteiger partial charge in [0.1, 0.15) is 0 Å². The lowest BCUT2D eigenvalue weighted by Crippen LogP contribution is -2.23. The predicted molar refractivity (Wildman–Crippen MR) is 83.7 cm³/mol. The Morgan fingerprint density at radius 1 is 0.864 bits per heavy atom. The monoisotopic (exact) mass is 296 g/mol. The van der Waals surface area contributed by atoms with Gasteiger partial charge in [0.15, 0.2) is 0 Å². The molecule has 0 aliphatic heterocycles. The number of rotatable bonds is 3. The van der Waals surface area contributed by atoms with E-state index < -0.39 is 12.1 Å². The second kappa shape index (κ2) is 7.68. The summed E-state index contributed by atoms with van der Waals surface area (Å²) in [6.45, 7) is 1.83. The molecule has 0 spiro atoms. The van der Waals surface area contributed by atoms with E-state index in [1.54, 1.807) is 24.3 Å². The zero-order valence-electron chi connectivity index (χ0n) is 12.1. The number of amides is 4. The highest BCUT2D eigenvalue weighted by atomic mass is 16.2. The van der Waals surface area contributed by atoms with Gasteiger partial charge in [0, 0.05) is 5.69 Å². The number of carbonyl (C=O) groups excluding carboxylic acids is 2. The van der Waals surface area contributed by atoms with E-state index in [2.05, 4.69) is 20.9 Å². The number of hydrogen-bond acceptors (Lipinski definition) is 2. The van der Waals surface area contributed by atoms with Gasteiger partial charge >= 0.3 is 12.1 Å². The first-order chi connectivity index (χ1) is 10.6. The molecule has 0 saturated heterocycles. The number of carbonyl (C=O) groups is 2. The highest BCUT2D eigenvalue weighted by Crippen LogP contribution is 2.11. The molecule has 6 heteroatoms. The zero-order chi connectivity index (χ0) is 15.8. The third-order valence-corrected chi connectivity index (χ3v) is 2.90. The van der Waals surface area contributed by atoms with E-state index in [-0.39, 0.29) is 6.04 Å². The number of hydrogen-bond donors (Lipinski definition) is 2. The second-order valence-electron chi connectivity index (χ2n) is 4.58. The van der Waals surface area contributed by atoms with E-state index in [0.717, 1.165) is 5.56 Å². The van der Waals surface area contributed by atoms with Crippen molar-refractivity contribution in [2.75, 3.05) is 5.32 Å². The molecule has 2 aromatic carbocycles. The van der Waals surface area contributed by atoms with Crippen LogP contribution in [0.3, 0.4) is 0 Å². The minimum absolute atomic E-state index is 0.218. The number of anilines is 1. The van der Waals surface area contributed by atoms with Gasteiger partial charge < -0.3 is 10.6 Å². The highest BCUT2D eigenvalue weighted by molar-refractivity contribution is 5.90. The van der Waals surface area contributed by atoms with E-state index >= 15 is 0 Å². The van der Waals surface area contributed by atoms with Crippen LogP contribution in [-0.2, 0) is 0 Å². The van der Waals surface area contributed by atoms with E-state index in [9.17, 15) is 9.59 Å². The Morgan fingerprint density at radius 3 is 2.05 bits per heavy atom. The van der Waals surface area contributed by atoms with Crippen molar-refractivity contribution in [3.63, 3.8) is 0 Å². The molecule has 112 valence electrons. The van der Waals surface area contributed by atoms with Crippen LogP contribution >= 0.6 is 0 Å². The maximum atomic E-state index is 11.6. The van der Waals surface area contributed by atoms with Gasteiger partial charge in [0.25, 0.3) is 0 Å². The SMILES string of the molecule is CC(NC(=O)/N=N/C(=O)Nc1ccccc1)c1ccccc1. The van der Waals surface area contributed by atoms with Crippen molar-refractivity contribution in [2.45, 2.75) is 13.0 Å². The van der Waals surface area contributed by atoms with E-state index in [1.807, 2.05) is 43.3 Å². The van der Waals surface area contributed by atoms with Crippen LogP contribution in [0.1, 0.15) is 18.5 Å². The van der Waals surface area contributed by atoms with Crippen LogP contribution in [0.25, 0.3) is 0 Å². The maximum Gasteiger partial charge on any atom is 0.364 e. The van der Waals surface area contributed by atoms with Crippen LogP contribution < -0.4 is 10.6 Å². The Balaban J connectivity index is 1.85. The molecule has 2 N–H and O–H groups in total. The van der Waals surface area contributed by atoms with Gasteiger partial charge in [-0.15, -0.1) is 0 Å². The van der Waals surface area contributed by atoms with Gasteiger partial charge in [-0.25, -0.2) is 9.59 Å². The molecule has 6 nitrogen and oxygen atoms in total. The fourth-order valence-corrected chi connectivity index (χ4v) is 1.80. The van der Waals surface area contributed by atoms with Crippen LogP contribution in [0.5, 0.6) is 0 Å². The lowest BCUT2D eigenvalue weighted by atomic mass is 10.1. The zero-order valence-corrected chi connectivity index (χ0v) is 12.1. The lowest BCUT2D eigenvalue weighted by molar-refractivity contribution is 0.242. The first kappa shape index (κ1) is 15.4. The van der Waals surface area contributed by atoms with Crippen molar-refractivity contribution >= 4 is 17.7 Å². The van der Waals surface area contributed by atoms with Crippen molar-refractivity contribution in [1.82, 2.24) is 5.32 Å². The summed E-state index contributed by atoms with van der Waals surface area (Å²) in [5.74, 6) is 0. The number of nitrogens with one attached hydrogen (secondary N) is 2. The highest BCUT2D eigenvalue weighted by Gasteiger charge is 2.08. The summed E-state index contributed by atoms with van der Waals surface area (Å²) in [7, 11) is 0. The van der Waals surface area contributed by atoms with Gasteiger partial charge in [-0.1, -0.05) is 58.8 Å². The Kier molecular flexibility index (Phi) is 5.37. The van der Waals surface area contributed by atoms with Gasteiger partial charge in [0.05, 0.1) is 6.04 Å². The molecule has 0 aliphatic rings. The minimum atomic E-state index is -0.700. The summed E-state index contributed by atoms with van der Waals surface area (Å²) in [4.78, 5) is 23.2. The number of azo groups is 1. The molecule has 0 aromatic heterocycles. The van der Waals surface area contributed by atoms with Crippen molar-refractivity contribution in [3.8, 4) is 0 Å². The molecule has 2 rings (SSSR count). The standard InChI is InChI=1S/C16H16N4O2/c1-12(13-8-4-2-5-9-13)17-15(21)19-20-16(22)18-14-10-6-3-7-11-14/h2-12H,1H3,(H,17,21)(H,18,22)/b20-19+. The fourth-order valence-electron chi connectivity index (χ4n) is 1.80. The van der Waals surface area contributed by atoms with Crippen molar-refractivity contribution in [2.24, 2.45) is 10.2 Å². The molecule has 2 aromatic rings. The van der Waals surface area contributed by atoms with Gasteiger partial charge in [-0.3, -0.25) is 0 Å². The largest absolute Gasteiger partial charge is 0.364 e. The van der Waals surface area contributed by atoms with E-state index in [0.29, 0.717) is 5.69 Å². The predicted octanol–water partition coefficient (Wildman–Crippen LogP) is 4.14. The van der Waals surface area contributed by atoms with Crippen molar-refractivity contribution in [3.05, 3.63) is 66.2 Å². The first-order valence-electron chi connectivity index (χ1n) is 6.78. The molecule has 4 amide bonds. The van der Waals surface area contributed by atoms with Crippen molar-refractivity contribution < 1.29 is 9.59 Å². The van der Waals surface area contributed by atoms with Crippen LogP contribution in [0, 0.1) is 0 Å². The molecule has 22 heavy (non-hydrogen) atoms. The number of benzene rings is 2. The Hall–Kier alpha value is -3.02. The minimum Gasteiger partial charge on any atom is -0.328 e. The molecule has 0 aliphatic carbocycles. The Bertz CT molecular complexity index is 656. The quantitative estimate of drug-likeness (QED) is 0.834. The fraction of sp³-hybridized carbons (Fsp3) is 0.125. The lowest BCUT2D eigenvalue weighted by Gasteiger charge is -2.11. The summed E-state index contributed by atoms with van der Waals surface area (Å²) in [6.07, 6.45) is 0. The van der Waals surface area contributed by atoms with Crippen LogP contribution in [0.4, 0.5) is 15.3 Å². The van der Waals surface area contributed by atoms with Crippen LogP contribution in [0.2, 0.25) is 0 Å². The van der Waals surface area contributed by atoms with Crippen LogP contribution in [0.15, 0.2) is 70.9 Å². The summed E-state index contributed by atoms with van der Waals surface area (Å²) < 4.78 is 0. The second-order valence-corrected chi connectivity index (χ2v) is 4.58. The maximum absolute atomic E-state index is 11.6. The summed E-state index contributed by atoms with van der Waals surface area (Å²) in [5.41, 5.74) is 1.53. The van der Waals surface area contributed by atoms with E-state index in [1.165, 1.54) is 0 Å². The summed E-state index contributed by atoms with van der Waals surface area (Å²) in [5, 5.41) is 11.8. The normalized spacial score (nSPS) is 11.9. The summed E-state index contributed by atoms with van der Waals surface area (Å²) >= 11 is 0. The molecular weight excluding hydrogens is 280 g/mol. The molecule has 0 saturated carbocycles. The molecule has 0 heterocycles. The van der Waals surface area contributed by atoms with Crippen LogP contribution in [-0.4, -0.2) is 12.1 Å². The number of urea groups is 2. The number of para-hydroxylation sites is 1. The molecular formula is C16H16N4O2. The van der Waals surface area contributed by atoms with Gasteiger partial charge in [-0.05, 0) is 24.6 Å². The number of nitrogens with zero attached hydrogens (tertiary/aromatic N) is 2. The van der Waals surface area contributed by atoms with Gasteiger partial charge in [-0.2, -0.15) is 0 Å². The molecule has 0 bridgehead atoms. The van der Waals surface area contributed by atoms with Crippen molar-refractivity contribution in [1.29, 1.82) is 0 Å². The average Bonchev–Trinajstić information content (AvgIpc) is 2.55. The third-order valence-electron chi connectivity index (χ3n) is 2.90. The topological polar surface area (TPSA) is 82.9 Å². The summed E-state index contributed by atoms with van der Waals surface area (Å²) in [6, 6.07) is 16.7. The molecule has 1 unspecified atom stereocenters. The molecule has 1 atom stereocenters. The third kappa shape index (κ3) is 4.82. The average molecular weight is 296 g/mol. The smallest absolute Gasteiger partial charge is 0.328 e. The van der Waals surface area contributed by atoms with Gasteiger partial charge in [0.2, 0.25) is 0 Å². The molecule has 0 fully saturated rings. The molecule has 0 radical (unpaired) electrons. The Labute approximate surface area is 128 Å². The van der Waals surface area contributed by atoms with E-state index in [4.69, 9.17) is 0 Å². The Morgan fingerprint density at radius 2 is 1.41 bits per heavy atom.